The van der Waals surface area contributed by atoms with Crippen molar-refractivity contribution in [3.05, 3.63) is 104 Å². The molecular weight excluding hydrogens is 512 g/mol. The van der Waals surface area contributed by atoms with E-state index in [-0.39, 0.29) is 28.0 Å². The summed E-state index contributed by atoms with van der Waals surface area (Å²) >= 11 is 13.1. The average molecular weight is 526 g/mol. The predicted molar refractivity (Wildman–Crippen MR) is 137 cm³/mol. The Kier molecular flexibility index (Phi) is 6.38. The summed E-state index contributed by atoms with van der Waals surface area (Å²) in [6.07, 6.45) is 1.54. The van der Waals surface area contributed by atoms with E-state index < -0.39 is 11.7 Å². The molecule has 0 unspecified atom stereocenters. The van der Waals surface area contributed by atoms with Crippen LogP contribution in [0.4, 0.5) is 10.1 Å². The molecule has 1 aliphatic rings. The van der Waals surface area contributed by atoms with E-state index in [4.69, 9.17) is 23.2 Å². The second-order valence-corrected chi connectivity index (χ2v) is 9.10. The molecule has 0 saturated carbocycles. The zero-order valence-electron chi connectivity index (χ0n) is 17.7. The number of amides is 1. The standard InChI is InChI=1S/C24H14Cl2FN5O2S/c25-16-10-9-14(11-17(16)26)12-20-23(34)32(21-8-4-2-6-18(21)27)24(28-20)35-13-31-22(33)15-5-1-3-7-19(15)29-30-31/h1-12H,13H2/b20-12+. The number of rotatable bonds is 4. The summed E-state index contributed by atoms with van der Waals surface area (Å²) in [5.41, 5.74) is 0.858. The maximum Gasteiger partial charge on any atom is 0.283 e. The molecule has 35 heavy (non-hydrogen) atoms. The third-order valence-corrected chi connectivity index (χ3v) is 6.76. The summed E-state index contributed by atoms with van der Waals surface area (Å²) in [5.74, 6) is -1.11. The van der Waals surface area contributed by atoms with Gasteiger partial charge in [-0.05, 0) is 48.0 Å². The first-order chi connectivity index (χ1) is 16.9. The van der Waals surface area contributed by atoms with E-state index in [1.807, 2.05) is 0 Å². The number of anilines is 1. The maximum absolute atomic E-state index is 14.7. The fraction of sp³-hybridized carbons (Fsp3) is 0.0417. The van der Waals surface area contributed by atoms with Gasteiger partial charge in [0.15, 0.2) is 5.17 Å². The Labute approximate surface area is 212 Å². The number of hydrogen-bond donors (Lipinski definition) is 0. The van der Waals surface area contributed by atoms with Crippen molar-refractivity contribution < 1.29 is 9.18 Å². The number of para-hydroxylation sites is 1. The molecule has 0 saturated heterocycles. The average Bonchev–Trinajstić information content (AvgIpc) is 3.16. The van der Waals surface area contributed by atoms with Crippen molar-refractivity contribution >= 4 is 68.7 Å². The first-order valence-electron chi connectivity index (χ1n) is 10.2. The Bertz CT molecular complexity index is 1600. The molecular formula is C24H14Cl2FN5O2S. The van der Waals surface area contributed by atoms with Crippen molar-refractivity contribution in [3.8, 4) is 0 Å². The second-order valence-electron chi connectivity index (χ2n) is 7.37. The van der Waals surface area contributed by atoms with Crippen molar-refractivity contribution in [2.75, 3.05) is 4.90 Å². The molecule has 1 aliphatic heterocycles. The van der Waals surface area contributed by atoms with Crippen LogP contribution in [0, 0.1) is 5.82 Å². The van der Waals surface area contributed by atoms with Gasteiger partial charge in [-0.1, -0.05) is 70.5 Å². The Balaban J connectivity index is 1.52. The maximum atomic E-state index is 14.7. The molecule has 0 N–H and O–H groups in total. The molecule has 3 aromatic carbocycles. The molecule has 174 valence electrons. The van der Waals surface area contributed by atoms with Crippen molar-refractivity contribution in [3.63, 3.8) is 0 Å². The van der Waals surface area contributed by atoms with Gasteiger partial charge < -0.3 is 0 Å². The van der Waals surface area contributed by atoms with Gasteiger partial charge in [-0.2, -0.15) is 4.68 Å². The highest BCUT2D eigenvalue weighted by atomic mass is 35.5. The summed E-state index contributed by atoms with van der Waals surface area (Å²) in [4.78, 5) is 31.7. The Morgan fingerprint density at radius 3 is 2.54 bits per heavy atom. The van der Waals surface area contributed by atoms with Gasteiger partial charge in [-0.15, -0.1) is 5.10 Å². The lowest BCUT2D eigenvalue weighted by atomic mass is 10.2. The summed E-state index contributed by atoms with van der Waals surface area (Å²) in [6.45, 7) is 0. The number of benzene rings is 3. The van der Waals surface area contributed by atoms with Crippen LogP contribution in [0.5, 0.6) is 0 Å². The highest BCUT2D eigenvalue weighted by Crippen LogP contribution is 2.32. The van der Waals surface area contributed by atoms with Crippen molar-refractivity contribution in [2.45, 2.75) is 5.88 Å². The van der Waals surface area contributed by atoms with Gasteiger partial charge in [-0.3, -0.25) is 14.5 Å². The van der Waals surface area contributed by atoms with Crippen LogP contribution in [-0.4, -0.2) is 26.1 Å². The zero-order chi connectivity index (χ0) is 24.5. The molecule has 2 heterocycles. The number of aliphatic imine (C=N–C) groups is 1. The van der Waals surface area contributed by atoms with E-state index in [1.165, 1.54) is 33.9 Å². The molecule has 0 radical (unpaired) electrons. The normalized spacial score (nSPS) is 14.7. The van der Waals surface area contributed by atoms with Crippen LogP contribution in [0.1, 0.15) is 5.56 Å². The van der Waals surface area contributed by atoms with E-state index in [0.717, 1.165) is 11.8 Å². The molecule has 0 fully saturated rings. The smallest absolute Gasteiger partial charge is 0.267 e. The van der Waals surface area contributed by atoms with Crippen LogP contribution in [0.3, 0.4) is 0 Å². The minimum absolute atomic E-state index is 0.00772. The number of nitrogens with zero attached hydrogens (tertiary/aromatic N) is 5. The van der Waals surface area contributed by atoms with Crippen LogP contribution in [0.15, 0.2) is 82.2 Å². The van der Waals surface area contributed by atoms with E-state index >= 15 is 0 Å². The van der Waals surface area contributed by atoms with Gasteiger partial charge >= 0.3 is 0 Å². The van der Waals surface area contributed by atoms with E-state index in [0.29, 0.717) is 26.5 Å². The van der Waals surface area contributed by atoms with E-state index in [1.54, 1.807) is 48.5 Å². The number of aromatic nitrogens is 3. The van der Waals surface area contributed by atoms with Gasteiger partial charge in [-0.25, -0.2) is 9.38 Å². The highest BCUT2D eigenvalue weighted by Gasteiger charge is 2.33. The first kappa shape index (κ1) is 23.2. The topological polar surface area (TPSA) is 80.5 Å². The summed E-state index contributed by atoms with van der Waals surface area (Å²) in [6, 6.07) is 17.6. The summed E-state index contributed by atoms with van der Waals surface area (Å²) < 4.78 is 15.8. The number of thioether (sulfide) groups is 1. The third-order valence-electron chi connectivity index (χ3n) is 5.12. The fourth-order valence-corrected chi connectivity index (χ4v) is 4.61. The van der Waals surface area contributed by atoms with Crippen molar-refractivity contribution in [1.82, 2.24) is 15.0 Å². The first-order valence-corrected chi connectivity index (χ1v) is 12.0. The van der Waals surface area contributed by atoms with Crippen LogP contribution >= 0.6 is 35.0 Å². The quantitative estimate of drug-likeness (QED) is 0.334. The molecule has 7 nitrogen and oxygen atoms in total. The minimum Gasteiger partial charge on any atom is -0.267 e. The van der Waals surface area contributed by atoms with Crippen LogP contribution < -0.4 is 10.5 Å². The highest BCUT2D eigenvalue weighted by molar-refractivity contribution is 8.13. The fourth-order valence-electron chi connectivity index (χ4n) is 3.43. The molecule has 11 heteroatoms. The molecule has 0 atom stereocenters. The number of carbonyl (C=O) groups is 1. The largest absolute Gasteiger partial charge is 0.283 e. The second kappa shape index (κ2) is 9.61. The molecule has 1 aromatic heterocycles. The number of hydrogen-bond acceptors (Lipinski definition) is 6. The third kappa shape index (κ3) is 4.58. The van der Waals surface area contributed by atoms with Gasteiger partial charge in [0.1, 0.15) is 17.0 Å². The summed E-state index contributed by atoms with van der Waals surface area (Å²) in [5, 5.41) is 9.33. The zero-order valence-corrected chi connectivity index (χ0v) is 20.1. The van der Waals surface area contributed by atoms with E-state index in [9.17, 15) is 14.0 Å². The lowest BCUT2D eigenvalue weighted by molar-refractivity contribution is -0.113. The number of halogens is 3. The Hall–Kier alpha value is -3.53. The van der Waals surface area contributed by atoms with Gasteiger partial charge in [0, 0.05) is 0 Å². The summed E-state index contributed by atoms with van der Waals surface area (Å²) in [7, 11) is 0. The van der Waals surface area contributed by atoms with Crippen molar-refractivity contribution in [1.29, 1.82) is 0 Å². The Morgan fingerprint density at radius 1 is 0.971 bits per heavy atom. The SMILES string of the molecule is O=C1/C(=C\c2ccc(Cl)c(Cl)c2)N=C(SCn2nnc3ccccc3c2=O)N1c1ccccc1F. The minimum atomic E-state index is -0.590. The lowest BCUT2D eigenvalue weighted by Gasteiger charge is -2.18. The van der Waals surface area contributed by atoms with Crippen LogP contribution in [0.25, 0.3) is 17.0 Å². The van der Waals surface area contributed by atoms with Crippen LogP contribution in [-0.2, 0) is 10.7 Å². The molecule has 0 bridgehead atoms. The van der Waals surface area contributed by atoms with Gasteiger partial charge in [0.25, 0.3) is 11.5 Å². The van der Waals surface area contributed by atoms with Gasteiger partial charge in [0.05, 0.1) is 27.0 Å². The lowest BCUT2D eigenvalue weighted by Crippen LogP contribution is -2.32. The molecule has 4 aromatic rings. The number of amidine groups is 1. The molecule has 0 spiro atoms. The number of fused-ring (bicyclic) bond motifs is 1. The monoisotopic (exact) mass is 525 g/mol. The van der Waals surface area contributed by atoms with Crippen LogP contribution in [0.2, 0.25) is 10.0 Å². The van der Waals surface area contributed by atoms with Gasteiger partial charge in [0.2, 0.25) is 0 Å². The molecule has 1 amide bonds. The predicted octanol–water partition coefficient (Wildman–Crippen LogP) is 5.37. The molecule has 5 rings (SSSR count). The van der Waals surface area contributed by atoms with E-state index in [2.05, 4.69) is 15.3 Å². The Morgan fingerprint density at radius 2 is 1.74 bits per heavy atom. The number of carbonyl (C=O) groups excluding carboxylic acids is 1. The van der Waals surface area contributed by atoms with Crippen molar-refractivity contribution in [2.24, 2.45) is 4.99 Å². The molecule has 0 aliphatic carbocycles.